The second kappa shape index (κ2) is 8.52. The first-order valence-corrected chi connectivity index (χ1v) is 9.66. The number of piperidine rings is 1. The van der Waals surface area contributed by atoms with Crippen LogP contribution in [-0.2, 0) is 20.0 Å². The summed E-state index contributed by atoms with van der Waals surface area (Å²) in [5, 5.41) is 11.9. The van der Waals surface area contributed by atoms with Crippen LogP contribution in [-0.4, -0.2) is 57.8 Å². The first-order chi connectivity index (χ1) is 13.0. The Morgan fingerprint density at radius 2 is 2.07 bits per heavy atom. The summed E-state index contributed by atoms with van der Waals surface area (Å²) in [5.41, 5.74) is 2.06. The van der Waals surface area contributed by atoms with E-state index in [2.05, 4.69) is 38.0 Å². The third kappa shape index (κ3) is 4.47. The molecule has 0 unspecified atom stereocenters. The Kier molecular flexibility index (Phi) is 6.11. The second-order valence-corrected chi connectivity index (χ2v) is 7.50. The van der Waals surface area contributed by atoms with Gasteiger partial charge in [0.1, 0.15) is 11.6 Å². The number of amides is 2. The van der Waals surface area contributed by atoms with E-state index in [1.54, 1.807) is 0 Å². The predicted octanol–water partition coefficient (Wildman–Crippen LogP) is 2.85. The van der Waals surface area contributed by atoms with E-state index < -0.39 is 0 Å². The Labute approximate surface area is 161 Å². The average molecular weight is 371 g/mol. The molecule has 1 aliphatic heterocycles. The maximum Gasteiger partial charge on any atom is 0.321 e. The molecular weight excluding hydrogens is 340 g/mol. The number of hydrogen-bond donors (Lipinski definition) is 1. The van der Waals surface area contributed by atoms with Gasteiger partial charge in [-0.05, 0) is 45.0 Å². The standard InChI is InChI=1S/C20H30N6O/c1-5-15-9-6-7-11-17(15)21-20(27)26-12-8-10-16(13-26)19-23-22-18(25(19)4)14-24(2)3/h6-7,9,11,16H,5,8,10,12-14H2,1-4H3,(H,21,27)/t16-/m1/s1. The van der Waals surface area contributed by atoms with Gasteiger partial charge in [0.15, 0.2) is 0 Å². The van der Waals surface area contributed by atoms with E-state index in [1.165, 1.54) is 0 Å². The monoisotopic (exact) mass is 370 g/mol. The molecule has 1 aromatic heterocycles. The van der Waals surface area contributed by atoms with Crippen molar-refractivity contribution in [2.24, 2.45) is 7.05 Å². The molecule has 1 aromatic carbocycles. The van der Waals surface area contributed by atoms with Gasteiger partial charge in [-0.1, -0.05) is 25.1 Å². The van der Waals surface area contributed by atoms with Gasteiger partial charge in [0.2, 0.25) is 0 Å². The van der Waals surface area contributed by atoms with Gasteiger partial charge in [0.25, 0.3) is 0 Å². The van der Waals surface area contributed by atoms with E-state index >= 15 is 0 Å². The fourth-order valence-corrected chi connectivity index (χ4v) is 3.67. The van der Waals surface area contributed by atoms with Crippen LogP contribution >= 0.6 is 0 Å². The van der Waals surface area contributed by atoms with Gasteiger partial charge in [-0.25, -0.2) is 4.79 Å². The van der Waals surface area contributed by atoms with Crippen LogP contribution in [0.15, 0.2) is 24.3 Å². The summed E-state index contributed by atoms with van der Waals surface area (Å²) in [6.45, 7) is 4.31. The number of rotatable bonds is 5. The minimum absolute atomic E-state index is 0.0312. The molecule has 7 heteroatoms. The van der Waals surface area contributed by atoms with E-state index in [1.807, 2.05) is 44.2 Å². The number of likely N-dealkylation sites (tertiary alicyclic amines) is 1. The van der Waals surface area contributed by atoms with Crippen LogP contribution in [0, 0.1) is 0 Å². The van der Waals surface area contributed by atoms with Crippen LogP contribution in [0.5, 0.6) is 0 Å². The molecule has 1 aliphatic rings. The molecule has 2 heterocycles. The average Bonchev–Trinajstić information content (AvgIpc) is 3.02. The van der Waals surface area contributed by atoms with Crippen LogP contribution in [0.25, 0.3) is 0 Å². The number of urea groups is 1. The molecule has 2 amide bonds. The lowest BCUT2D eigenvalue weighted by Crippen LogP contribution is -2.42. The zero-order valence-electron chi connectivity index (χ0n) is 16.8. The molecule has 27 heavy (non-hydrogen) atoms. The lowest BCUT2D eigenvalue weighted by molar-refractivity contribution is 0.190. The smallest absolute Gasteiger partial charge is 0.321 e. The van der Waals surface area contributed by atoms with Crippen LogP contribution in [0.1, 0.15) is 42.9 Å². The maximum atomic E-state index is 12.8. The number of anilines is 1. The third-order valence-corrected chi connectivity index (χ3v) is 5.17. The number of hydrogen-bond acceptors (Lipinski definition) is 4. The molecule has 1 atom stereocenters. The van der Waals surface area contributed by atoms with Gasteiger partial charge in [0.05, 0.1) is 6.54 Å². The Morgan fingerprint density at radius 1 is 1.30 bits per heavy atom. The number of carbonyl (C=O) groups is 1. The van der Waals surface area contributed by atoms with E-state index in [0.717, 1.165) is 55.3 Å². The Hall–Kier alpha value is -2.41. The fourth-order valence-electron chi connectivity index (χ4n) is 3.67. The van der Waals surface area contributed by atoms with Crippen LogP contribution < -0.4 is 5.32 Å². The molecule has 0 saturated carbocycles. The molecule has 1 fully saturated rings. The summed E-state index contributed by atoms with van der Waals surface area (Å²) in [6, 6.07) is 7.95. The van der Waals surface area contributed by atoms with Gasteiger partial charge in [-0.3, -0.25) is 0 Å². The Morgan fingerprint density at radius 3 is 2.81 bits per heavy atom. The number of benzene rings is 1. The second-order valence-electron chi connectivity index (χ2n) is 7.50. The number of aromatic nitrogens is 3. The molecule has 1 saturated heterocycles. The lowest BCUT2D eigenvalue weighted by Gasteiger charge is -2.32. The van der Waals surface area contributed by atoms with Crippen molar-refractivity contribution in [1.29, 1.82) is 0 Å². The van der Waals surface area contributed by atoms with Crippen LogP contribution in [0.2, 0.25) is 0 Å². The van der Waals surface area contributed by atoms with Crippen molar-refractivity contribution < 1.29 is 4.79 Å². The normalized spacial score (nSPS) is 17.4. The molecule has 0 spiro atoms. The van der Waals surface area contributed by atoms with Crippen molar-refractivity contribution >= 4 is 11.7 Å². The highest BCUT2D eigenvalue weighted by atomic mass is 16.2. The van der Waals surface area contributed by atoms with E-state index in [-0.39, 0.29) is 11.9 Å². The van der Waals surface area contributed by atoms with E-state index in [9.17, 15) is 4.79 Å². The largest absolute Gasteiger partial charge is 0.324 e. The number of nitrogens with zero attached hydrogens (tertiary/aromatic N) is 5. The molecule has 1 N–H and O–H groups in total. The number of carbonyl (C=O) groups excluding carboxylic acids is 1. The van der Waals surface area contributed by atoms with Crippen LogP contribution in [0.3, 0.4) is 0 Å². The van der Waals surface area contributed by atoms with Crippen molar-refractivity contribution in [2.75, 3.05) is 32.5 Å². The summed E-state index contributed by atoms with van der Waals surface area (Å²) >= 11 is 0. The van der Waals surface area contributed by atoms with Crippen molar-refractivity contribution in [3.8, 4) is 0 Å². The fraction of sp³-hybridized carbons (Fsp3) is 0.550. The summed E-state index contributed by atoms with van der Waals surface area (Å²) < 4.78 is 2.08. The minimum atomic E-state index is -0.0312. The van der Waals surface area contributed by atoms with E-state index in [4.69, 9.17) is 0 Å². The van der Waals surface area contributed by atoms with Crippen molar-refractivity contribution in [3.05, 3.63) is 41.5 Å². The van der Waals surface area contributed by atoms with Gasteiger partial charge in [-0.2, -0.15) is 0 Å². The topological polar surface area (TPSA) is 66.3 Å². The SMILES string of the molecule is CCc1ccccc1NC(=O)N1CCC[C@@H](c2nnc(CN(C)C)n2C)C1. The van der Waals surface area contributed by atoms with Crippen molar-refractivity contribution in [1.82, 2.24) is 24.6 Å². The zero-order chi connectivity index (χ0) is 19.4. The van der Waals surface area contributed by atoms with Crippen molar-refractivity contribution in [3.63, 3.8) is 0 Å². The highest BCUT2D eigenvalue weighted by molar-refractivity contribution is 5.90. The summed E-state index contributed by atoms with van der Waals surface area (Å²) in [5.74, 6) is 2.14. The first-order valence-electron chi connectivity index (χ1n) is 9.66. The summed E-state index contributed by atoms with van der Waals surface area (Å²) in [6.07, 6.45) is 2.90. The summed E-state index contributed by atoms with van der Waals surface area (Å²) in [7, 11) is 6.06. The maximum absolute atomic E-state index is 12.8. The number of nitrogens with one attached hydrogen (secondary N) is 1. The number of aryl methyl sites for hydroxylation is 1. The third-order valence-electron chi connectivity index (χ3n) is 5.17. The van der Waals surface area contributed by atoms with Gasteiger partial charge in [-0.15, -0.1) is 10.2 Å². The zero-order valence-corrected chi connectivity index (χ0v) is 16.8. The molecule has 7 nitrogen and oxygen atoms in total. The highest BCUT2D eigenvalue weighted by Gasteiger charge is 2.28. The van der Waals surface area contributed by atoms with Gasteiger partial charge >= 0.3 is 6.03 Å². The van der Waals surface area contributed by atoms with Crippen molar-refractivity contribution in [2.45, 2.75) is 38.6 Å². The quantitative estimate of drug-likeness (QED) is 0.879. The molecule has 0 bridgehead atoms. The molecule has 0 aliphatic carbocycles. The predicted molar refractivity (Wildman–Crippen MR) is 107 cm³/mol. The molecular formula is C20H30N6O. The minimum Gasteiger partial charge on any atom is -0.324 e. The first kappa shape index (κ1) is 19.4. The molecule has 3 rings (SSSR count). The Balaban J connectivity index is 1.69. The van der Waals surface area contributed by atoms with Crippen LogP contribution in [0.4, 0.5) is 10.5 Å². The van der Waals surface area contributed by atoms with Gasteiger partial charge in [0, 0.05) is 31.7 Å². The highest BCUT2D eigenvalue weighted by Crippen LogP contribution is 2.26. The Bertz CT molecular complexity index is 785. The molecule has 2 aromatic rings. The van der Waals surface area contributed by atoms with E-state index in [0.29, 0.717) is 6.54 Å². The lowest BCUT2D eigenvalue weighted by atomic mass is 9.97. The molecule has 146 valence electrons. The van der Waals surface area contributed by atoms with Gasteiger partial charge < -0.3 is 19.7 Å². The molecule has 0 radical (unpaired) electrons. The summed E-state index contributed by atoms with van der Waals surface area (Å²) in [4.78, 5) is 16.8. The number of para-hydroxylation sites is 1.